The summed E-state index contributed by atoms with van der Waals surface area (Å²) in [6.07, 6.45) is 0. The van der Waals surface area contributed by atoms with E-state index >= 15 is 0 Å². The van der Waals surface area contributed by atoms with E-state index in [0.717, 1.165) is 21.5 Å². The summed E-state index contributed by atoms with van der Waals surface area (Å²) in [5.41, 5.74) is 4.98. The lowest BCUT2D eigenvalue weighted by molar-refractivity contribution is 0.0409. The molecule has 5 rings (SSSR count). The van der Waals surface area contributed by atoms with Crippen LogP contribution in [0.15, 0.2) is 66.0 Å². The third-order valence-electron chi connectivity index (χ3n) is 6.79. The Morgan fingerprint density at radius 1 is 0.971 bits per heavy atom. The molecule has 5 nitrogen and oxygen atoms in total. The molecule has 2 aromatic carbocycles. The normalized spacial score (nSPS) is 16.3. The molecule has 0 aliphatic carbocycles. The lowest BCUT2D eigenvalue weighted by Gasteiger charge is -2.40. The highest BCUT2D eigenvalue weighted by Gasteiger charge is 2.32. The first kappa shape index (κ1) is 22.4. The predicted octanol–water partition coefficient (Wildman–Crippen LogP) is 5.35. The second kappa shape index (κ2) is 9.11. The van der Waals surface area contributed by atoms with Gasteiger partial charge in [0.25, 0.3) is 11.8 Å². The van der Waals surface area contributed by atoms with Gasteiger partial charge in [-0.3, -0.25) is 9.59 Å². The van der Waals surface area contributed by atoms with Crippen LogP contribution in [-0.2, 0) is 6.54 Å². The van der Waals surface area contributed by atoms with Gasteiger partial charge in [0.1, 0.15) is 10.5 Å². The van der Waals surface area contributed by atoms with Crippen molar-refractivity contribution in [3.05, 3.63) is 94.0 Å². The molecule has 1 aliphatic rings. The van der Waals surface area contributed by atoms with Crippen molar-refractivity contribution in [2.75, 3.05) is 19.6 Å². The van der Waals surface area contributed by atoms with Crippen molar-refractivity contribution >= 4 is 33.4 Å². The number of piperazine rings is 1. The molecule has 0 unspecified atom stereocenters. The maximum Gasteiger partial charge on any atom is 0.270 e. The van der Waals surface area contributed by atoms with Crippen LogP contribution in [0, 0.1) is 13.8 Å². The molecule has 0 radical (unpaired) electrons. The number of hydrogen-bond acceptors (Lipinski definition) is 3. The zero-order valence-corrected chi connectivity index (χ0v) is 20.6. The van der Waals surface area contributed by atoms with Crippen LogP contribution in [0.3, 0.4) is 0 Å². The van der Waals surface area contributed by atoms with Gasteiger partial charge in [0, 0.05) is 43.2 Å². The average molecular weight is 472 g/mol. The van der Waals surface area contributed by atoms with E-state index in [1.807, 2.05) is 66.1 Å². The zero-order valence-electron chi connectivity index (χ0n) is 19.8. The fraction of sp³-hybridized carbons (Fsp3) is 0.286. The van der Waals surface area contributed by atoms with Crippen LogP contribution in [-0.4, -0.2) is 51.9 Å². The standard InChI is InChI=1S/C28H29N3O2S/c1-19-8-10-22(11-9-19)26(32)30-14-13-29(17-21(30)3)27(33)25-16-23-12-15-34-28(23)31(25)18-24-7-5-4-6-20(24)2/h4-12,15-16,21H,13-14,17-18H2,1-3H3/t21-/m1/s1. The van der Waals surface area contributed by atoms with Gasteiger partial charge >= 0.3 is 0 Å². The Labute approximate surface area is 204 Å². The molecule has 1 atom stereocenters. The number of nitrogens with zero attached hydrogens (tertiary/aromatic N) is 3. The van der Waals surface area contributed by atoms with Gasteiger partial charge in [-0.15, -0.1) is 11.3 Å². The molecule has 0 bridgehead atoms. The summed E-state index contributed by atoms with van der Waals surface area (Å²) >= 11 is 1.67. The van der Waals surface area contributed by atoms with Crippen LogP contribution in [0.4, 0.5) is 0 Å². The topological polar surface area (TPSA) is 45.6 Å². The number of carbonyl (C=O) groups excluding carboxylic acids is 2. The molecule has 0 saturated carbocycles. The summed E-state index contributed by atoms with van der Waals surface area (Å²) in [4.78, 5) is 31.7. The minimum Gasteiger partial charge on any atom is -0.334 e. The molecular weight excluding hydrogens is 442 g/mol. The molecule has 6 heteroatoms. The summed E-state index contributed by atoms with van der Waals surface area (Å²) in [5.74, 6) is 0.0642. The Bertz CT molecular complexity index is 1350. The summed E-state index contributed by atoms with van der Waals surface area (Å²) < 4.78 is 2.15. The van der Waals surface area contributed by atoms with Gasteiger partial charge in [0.2, 0.25) is 0 Å². The van der Waals surface area contributed by atoms with Crippen molar-refractivity contribution in [2.24, 2.45) is 0 Å². The van der Waals surface area contributed by atoms with Crippen LogP contribution < -0.4 is 0 Å². The number of fused-ring (bicyclic) bond motifs is 1. The minimum atomic E-state index is -0.0487. The van der Waals surface area contributed by atoms with Crippen LogP contribution in [0.5, 0.6) is 0 Å². The molecule has 2 aromatic heterocycles. The monoisotopic (exact) mass is 471 g/mol. The highest BCUT2D eigenvalue weighted by Crippen LogP contribution is 2.28. The van der Waals surface area contributed by atoms with E-state index in [0.29, 0.717) is 31.7 Å². The largest absolute Gasteiger partial charge is 0.334 e. The smallest absolute Gasteiger partial charge is 0.270 e. The fourth-order valence-corrected chi connectivity index (χ4v) is 5.63. The number of aromatic nitrogens is 1. The first-order chi connectivity index (χ1) is 16.4. The van der Waals surface area contributed by atoms with E-state index in [1.165, 1.54) is 11.1 Å². The zero-order chi connectivity index (χ0) is 23.8. The summed E-state index contributed by atoms with van der Waals surface area (Å²) in [7, 11) is 0. The van der Waals surface area contributed by atoms with Crippen molar-refractivity contribution in [3.8, 4) is 0 Å². The van der Waals surface area contributed by atoms with E-state index in [2.05, 4.69) is 35.1 Å². The second-order valence-electron chi connectivity index (χ2n) is 9.19. The molecule has 4 aromatic rings. The molecule has 1 saturated heterocycles. The number of benzene rings is 2. The maximum absolute atomic E-state index is 13.7. The highest BCUT2D eigenvalue weighted by atomic mass is 32.1. The number of rotatable bonds is 4. The van der Waals surface area contributed by atoms with Crippen LogP contribution in [0.25, 0.3) is 10.2 Å². The van der Waals surface area contributed by atoms with Crippen molar-refractivity contribution < 1.29 is 9.59 Å². The van der Waals surface area contributed by atoms with Crippen molar-refractivity contribution in [1.29, 1.82) is 0 Å². The Hall–Kier alpha value is -3.38. The number of hydrogen-bond donors (Lipinski definition) is 0. The Morgan fingerprint density at radius 3 is 2.47 bits per heavy atom. The molecule has 174 valence electrons. The molecule has 1 fully saturated rings. The van der Waals surface area contributed by atoms with Gasteiger partial charge in [-0.1, -0.05) is 42.0 Å². The SMILES string of the molecule is Cc1ccc(C(=O)N2CCN(C(=O)c3cc4ccsc4n3Cc3ccccc3C)C[C@H]2C)cc1. The molecule has 1 aliphatic heterocycles. The summed E-state index contributed by atoms with van der Waals surface area (Å²) in [5, 5.41) is 3.17. The van der Waals surface area contributed by atoms with Crippen LogP contribution in [0.2, 0.25) is 0 Å². The minimum absolute atomic E-state index is 0.0306. The highest BCUT2D eigenvalue weighted by molar-refractivity contribution is 7.16. The first-order valence-electron chi connectivity index (χ1n) is 11.7. The average Bonchev–Trinajstić information content (AvgIpc) is 3.42. The Kier molecular flexibility index (Phi) is 6.00. The number of amides is 2. The number of aryl methyl sites for hydroxylation is 2. The van der Waals surface area contributed by atoms with Gasteiger partial charge < -0.3 is 14.4 Å². The van der Waals surface area contributed by atoms with Gasteiger partial charge in [-0.2, -0.15) is 0 Å². The maximum atomic E-state index is 13.7. The molecule has 3 heterocycles. The molecule has 34 heavy (non-hydrogen) atoms. The quantitative estimate of drug-likeness (QED) is 0.403. The molecule has 0 spiro atoms. The lowest BCUT2D eigenvalue weighted by Crippen LogP contribution is -2.55. The van der Waals surface area contributed by atoms with E-state index in [1.54, 1.807) is 11.3 Å². The van der Waals surface area contributed by atoms with Gasteiger partial charge in [-0.05, 0) is 61.5 Å². The predicted molar refractivity (Wildman–Crippen MR) is 138 cm³/mol. The number of carbonyl (C=O) groups is 2. The van der Waals surface area contributed by atoms with Gasteiger partial charge in [0.15, 0.2) is 0 Å². The van der Waals surface area contributed by atoms with Crippen molar-refractivity contribution in [1.82, 2.24) is 14.4 Å². The Balaban J connectivity index is 1.37. The van der Waals surface area contributed by atoms with Gasteiger partial charge in [-0.25, -0.2) is 0 Å². The summed E-state index contributed by atoms with van der Waals surface area (Å²) in [6, 6.07) is 20.1. The van der Waals surface area contributed by atoms with E-state index in [4.69, 9.17) is 0 Å². The van der Waals surface area contributed by atoms with Crippen molar-refractivity contribution in [2.45, 2.75) is 33.4 Å². The molecule has 0 N–H and O–H groups in total. The first-order valence-corrected chi connectivity index (χ1v) is 12.6. The third-order valence-corrected chi connectivity index (χ3v) is 7.74. The van der Waals surface area contributed by atoms with Crippen LogP contribution in [0.1, 0.15) is 44.5 Å². The van der Waals surface area contributed by atoms with Crippen molar-refractivity contribution in [3.63, 3.8) is 0 Å². The van der Waals surface area contributed by atoms with Crippen LogP contribution >= 0.6 is 11.3 Å². The second-order valence-corrected chi connectivity index (χ2v) is 10.1. The fourth-order valence-electron chi connectivity index (χ4n) is 4.73. The number of thiophene rings is 1. The third kappa shape index (κ3) is 4.14. The van der Waals surface area contributed by atoms with E-state index in [9.17, 15) is 9.59 Å². The molecular formula is C28H29N3O2S. The lowest BCUT2D eigenvalue weighted by atomic mass is 10.1. The Morgan fingerprint density at radius 2 is 1.74 bits per heavy atom. The molecule has 2 amide bonds. The van der Waals surface area contributed by atoms with E-state index in [-0.39, 0.29) is 17.9 Å². The van der Waals surface area contributed by atoms with E-state index < -0.39 is 0 Å². The van der Waals surface area contributed by atoms with Gasteiger partial charge in [0.05, 0.1) is 0 Å². The summed E-state index contributed by atoms with van der Waals surface area (Å²) in [6.45, 7) is 8.41.